The largest absolute Gasteiger partial charge is 0.494 e. The van der Waals surface area contributed by atoms with Crippen molar-refractivity contribution in [1.82, 2.24) is 8.87 Å². The second kappa shape index (κ2) is 10.4. The highest BCUT2D eigenvalue weighted by molar-refractivity contribution is 7.90. The number of aromatic nitrogens is 1. The number of carbonyl (C=O) groups is 1. The van der Waals surface area contributed by atoms with Crippen molar-refractivity contribution in [1.29, 1.82) is 0 Å². The summed E-state index contributed by atoms with van der Waals surface area (Å²) < 4.78 is 38.9. The molecule has 1 aliphatic heterocycles. The number of hydrogen-bond donors (Lipinski definition) is 0. The number of esters is 1. The van der Waals surface area contributed by atoms with Crippen LogP contribution in [0.4, 0.5) is 0 Å². The summed E-state index contributed by atoms with van der Waals surface area (Å²) in [6, 6.07) is 14.8. The molecule has 33 heavy (non-hydrogen) atoms. The lowest BCUT2D eigenvalue weighted by molar-refractivity contribution is 0.0518. The summed E-state index contributed by atoms with van der Waals surface area (Å²) in [5.74, 6) is -0.0389. The highest BCUT2D eigenvalue weighted by Gasteiger charge is 2.27. The third-order valence-corrected chi connectivity index (χ3v) is 7.57. The van der Waals surface area contributed by atoms with E-state index in [4.69, 9.17) is 9.47 Å². The van der Waals surface area contributed by atoms with Gasteiger partial charge in [-0.1, -0.05) is 24.6 Å². The van der Waals surface area contributed by atoms with Crippen molar-refractivity contribution in [2.24, 2.45) is 0 Å². The Morgan fingerprint density at radius 2 is 1.76 bits per heavy atom. The Balaban J connectivity index is 1.59. The van der Waals surface area contributed by atoms with Crippen molar-refractivity contribution in [3.8, 4) is 5.75 Å². The molecule has 0 spiro atoms. The molecule has 1 fully saturated rings. The van der Waals surface area contributed by atoms with Crippen molar-refractivity contribution < 1.29 is 22.7 Å². The van der Waals surface area contributed by atoms with Gasteiger partial charge >= 0.3 is 5.97 Å². The van der Waals surface area contributed by atoms with Gasteiger partial charge in [0.15, 0.2) is 0 Å². The molecule has 0 radical (unpaired) electrons. The van der Waals surface area contributed by atoms with Crippen LogP contribution >= 0.6 is 0 Å². The molecule has 1 aromatic heterocycles. The van der Waals surface area contributed by atoms with E-state index in [0.717, 1.165) is 30.0 Å². The molecule has 7 nitrogen and oxygen atoms in total. The molecule has 1 saturated heterocycles. The number of fused-ring (bicyclic) bond motifs is 1. The normalized spacial score (nSPS) is 14.9. The van der Waals surface area contributed by atoms with Crippen molar-refractivity contribution in [3.05, 3.63) is 60.3 Å². The van der Waals surface area contributed by atoms with Gasteiger partial charge in [0.25, 0.3) is 10.0 Å². The van der Waals surface area contributed by atoms with E-state index in [9.17, 15) is 13.2 Å². The van der Waals surface area contributed by atoms with Crippen LogP contribution in [0.2, 0.25) is 0 Å². The minimum Gasteiger partial charge on any atom is -0.494 e. The fraction of sp³-hybridized carbons (Fsp3) is 0.400. The van der Waals surface area contributed by atoms with Crippen LogP contribution in [0.3, 0.4) is 0 Å². The summed E-state index contributed by atoms with van der Waals surface area (Å²) >= 11 is 0. The summed E-state index contributed by atoms with van der Waals surface area (Å²) in [4.78, 5) is 15.2. The molecule has 8 heteroatoms. The molecule has 0 saturated carbocycles. The van der Waals surface area contributed by atoms with Crippen molar-refractivity contribution >= 4 is 26.9 Å². The van der Waals surface area contributed by atoms with Gasteiger partial charge in [0.1, 0.15) is 11.4 Å². The summed E-state index contributed by atoms with van der Waals surface area (Å²) in [6.45, 7) is 5.75. The van der Waals surface area contributed by atoms with E-state index in [0.29, 0.717) is 23.3 Å². The van der Waals surface area contributed by atoms with Crippen LogP contribution in [-0.4, -0.2) is 56.1 Å². The zero-order chi connectivity index (χ0) is 23.3. The van der Waals surface area contributed by atoms with Gasteiger partial charge in [-0.15, -0.1) is 0 Å². The molecule has 2 heterocycles. The summed E-state index contributed by atoms with van der Waals surface area (Å²) in [6.07, 6.45) is 4.78. The fourth-order valence-corrected chi connectivity index (χ4v) is 5.75. The van der Waals surface area contributed by atoms with Gasteiger partial charge in [0, 0.05) is 11.9 Å². The Labute approximate surface area is 195 Å². The van der Waals surface area contributed by atoms with Crippen LogP contribution in [0.25, 0.3) is 10.9 Å². The Bertz CT molecular complexity index is 1200. The first-order valence-corrected chi connectivity index (χ1v) is 12.9. The number of benzene rings is 2. The SMILES string of the molecule is CCOC(=O)c1cc2cc(OCCCN3CCCCC3)ccc2n1S(=O)(=O)c1ccccc1. The summed E-state index contributed by atoms with van der Waals surface area (Å²) in [5, 5.41) is 0.603. The average Bonchev–Trinajstić information content (AvgIpc) is 3.23. The summed E-state index contributed by atoms with van der Waals surface area (Å²) in [7, 11) is -3.99. The van der Waals surface area contributed by atoms with Crippen LogP contribution in [0, 0.1) is 0 Å². The minimum absolute atomic E-state index is 0.0297. The number of rotatable bonds is 9. The zero-order valence-corrected chi connectivity index (χ0v) is 19.7. The maximum absolute atomic E-state index is 13.4. The van der Waals surface area contributed by atoms with E-state index < -0.39 is 16.0 Å². The molecule has 176 valence electrons. The monoisotopic (exact) mass is 470 g/mol. The first-order valence-electron chi connectivity index (χ1n) is 11.5. The Morgan fingerprint density at radius 1 is 1.00 bits per heavy atom. The quantitative estimate of drug-likeness (QED) is 0.343. The number of piperidine rings is 1. The predicted molar refractivity (Wildman–Crippen MR) is 127 cm³/mol. The van der Waals surface area contributed by atoms with Gasteiger partial charge < -0.3 is 14.4 Å². The van der Waals surface area contributed by atoms with E-state index in [2.05, 4.69) is 4.90 Å². The van der Waals surface area contributed by atoms with Crippen LogP contribution < -0.4 is 4.74 Å². The fourth-order valence-electron chi connectivity index (χ4n) is 4.22. The number of hydrogen-bond acceptors (Lipinski definition) is 6. The number of nitrogens with zero attached hydrogens (tertiary/aromatic N) is 2. The Kier molecular flexibility index (Phi) is 7.35. The first-order chi connectivity index (χ1) is 16.0. The van der Waals surface area contributed by atoms with Gasteiger partial charge in [-0.25, -0.2) is 17.2 Å². The van der Waals surface area contributed by atoms with Crippen molar-refractivity contribution in [3.63, 3.8) is 0 Å². The maximum Gasteiger partial charge on any atom is 0.356 e. The van der Waals surface area contributed by atoms with Gasteiger partial charge in [-0.3, -0.25) is 0 Å². The Hall–Kier alpha value is -2.84. The van der Waals surface area contributed by atoms with Crippen LogP contribution in [0.1, 0.15) is 43.1 Å². The van der Waals surface area contributed by atoms with Gasteiger partial charge in [0.05, 0.1) is 23.6 Å². The van der Waals surface area contributed by atoms with E-state index in [1.54, 1.807) is 49.4 Å². The van der Waals surface area contributed by atoms with E-state index >= 15 is 0 Å². The second-order valence-electron chi connectivity index (χ2n) is 8.16. The van der Waals surface area contributed by atoms with Crippen LogP contribution in [-0.2, 0) is 14.8 Å². The van der Waals surface area contributed by atoms with E-state index in [1.165, 1.54) is 31.4 Å². The lowest BCUT2D eigenvalue weighted by atomic mass is 10.1. The third kappa shape index (κ3) is 5.23. The molecule has 2 aromatic carbocycles. The molecule has 0 aliphatic carbocycles. The highest BCUT2D eigenvalue weighted by atomic mass is 32.2. The number of likely N-dealkylation sites (tertiary alicyclic amines) is 1. The van der Waals surface area contributed by atoms with Crippen LogP contribution in [0.15, 0.2) is 59.5 Å². The molecule has 0 N–H and O–H groups in total. The second-order valence-corrected chi connectivity index (χ2v) is 9.94. The number of ether oxygens (including phenoxy) is 2. The Morgan fingerprint density at radius 3 is 2.48 bits per heavy atom. The smallest absolute Gasteiger partial charge is 0.356 e. The lowest BCUT2D eigenvalue weighted by Crippen LogP contribution is -2.31. The predicted octanol–water partition coefficient (Wildman–Crippen LogP) is 4.31. The van der Waals surface area contributed by atoms with Gasteiger partial charge in [-0.05, 0) is 75.7 Å². The highest BCUT2D eigenvalue weighted by Crippen LogP contribution is 2.29. The average molecular weight is 471 g/mol. The van der Waals surface area contributed by atoms with Crippen molar-refractivity contribution in [2.45, 2.75) is 37.5 Å². The molecular weight excluding hydrogens is 440 g/mol. The van der Waals surface area contributed by atoms with E-state index in [1.807, 2.05) is 0 Å². The maximum atomic E-state index is 13.4. The van der Waals surface area contributed by atoms with Crippen LogP contribution in [0.5, 0.6) is 5.75 Å². The molecule has 4 rings (SSSR count). The molecular formula is C25H30N2O5S. The molecule has 0 amide bonds. The topological polar surface area (TPSA) is 77.8 Å². The van der Waals surface area contributed by atoms with E-state index in [-0.39, 0.29) is 17.2 Å². The van der Waals surface area contributed by atoms with Crippen molar-refractivity contribution in [2.75, 3.05) is 32.8 Å². The zero-order valence-electron chi connectivity index (χ0n) is 18.9. The molecule has 3 aromatic rings. The lowest BCUT2D eigenvalue weighted by Gasteiger charge is -2.26. The third-order valence-electron chi connectivity index (χ3n) is 5.83. The molecule has 0 unspecified atom stereocenters. The minimum atomic E-state index is -3.99. The summed E-state index contributed by atoms with van der Waals surface area (Å²) in [5.41, 5.74) is 0.375. The molecule has 1 aliphatic rings. The number of carbonyl (C=O) groups excluding carboxylic acids is 1. The van der Waals surface area contributed by atoms with Gasteiger partial charge in [0.2, 0.25) is 0 Å². The molecule has 0 atom stereocenters. The first kappa shape index (κ1) is 23.3. The standard InChI is InChI=1S/C25H30N2O5S/c1-2-31-25(28)24-19-20-18-21(32-17-9-16-26-14-7-4-8-15-26)12-13-23(20)27(24)33(29,30)22-10-5-3-6-11-22/h3,5-6,10-13,18-19H,2,4,7-9,14-17H2,1H3. The van der Waals surface area contributed by atoms with Gasteiger partial charge in [-0.2, -0.15) is 0 Å². The molecule has 0 bridgehead atoms.